The van der Waals surface area contributed by atoms with Crippen LogP contribution in [0.15, 0.2) is 70.2 Å². The smallest absolute Gasteiger partial charge is 0.189 e. The molecule has 3 heteroatoms. The van der Waals surface area contributed by atoms with Crippen LogP contribution in [0.1, 0.15) is 0 Å². The number of aromatic amines is 1. The first-order valence-corrected chi connectivity index (χ1v) is 6.41. The summed E-state index contributed by atoms with van der Waals surface area (Å²) in [6.07, 6.45) is 3.35. The van der Waals surface area contributed by atoms with Gasteiger partial charge in [0.1, 0.15) is 5.58 Å². The molecule has 0 saturated carbocycles. The molecule has 0 saturated heterocycles. The van der Waals surface area contributed by atoms with Gasteiger partial charge in [0.15, 0.2) is 5.43 Å². The molecule has 2 heterocycles. The molecule has 0 spiro atoms. The Hall–Kier alpha value is -2.81. The first-order valence-electron chi connectivity index (χ1n) is 6.41. The molecule has 0 aliphatic rings. The number of benzene rings is 2. The monoisotopic (exact) mass is 261 g/mol. The van der Waals surface area contributed by atoms with Crippen molar-refractivity contribution in [2.24, 2.45) is 0 Å². The maximum atomic E-state index is 11.9. The van der Waals surface area contributed by atoms with Gasteiger partial charge in [0.2, 0.25) is 0 Å². The van der Waals surface area contributed by atoms with Crippen LogP contribution in [0.25, 0.3) is 33.0 Å². The van der Waals surface area contributed by atoms with Crippen LogP contribution in [-0.4, -0.2) is 4.98 Å². The summed E-state index contributed by atoms with van der Waals surface area (Å²) in [5.41, 5.74) is 3.69. The Morgan fingerprint density at radius 3 is 2.90 bits per heavy atom. The molecule has 4 aromatic rings. The van der Waals surface area contributed by atoms with Crippen molar-refractivity contribution in [2.45, 2.75) is 0 Å². The number of rotatable bonds is 1. The van der Waals surface area contributed by atoms with Gasteiger partial charge in [0.05, 0.1) is 6.26 Å². The molecule has 2 aromatic heterocycles. The van der Waals surface area contributed by atoms with E-state index in [1.807, 2.05) is 42.5 Å². The molecule has 0 bridgehead atoms. The van der Waals surface area contributed by atoms with Crippen LogP contribution in [0.5, 0.6) is 0 Å². The van der Waals surface area contributed by atoms with Crippen molar-refractivity contribution >= 4 is 21.9 Å². The molecular formula is C17H11NO2. The Bertz CT molecular complexity index is 979. The van der Waals surface area contributed by atoms with Crippen molar-refractivity contribution in [1.29, 1.82) is 0 Å². The topological polar surface area (TPSA) is 46.0 Å². The normalized spacial score (nSPS) is 11.2. The van der Waals surface area contributed by atoms with E-state index in [2.05, 4.69) is 4.98 Å². The first kappa shape index (κ1) is 11.1. The minimum absolute atomic E-state index is 0.0206. The lowest BCUT2D eigenvalue weighted by Gasteiger charge is -2.04. The van der Waals surface area contributed by atoms with Crippen LogP contribution >= 0.6 is 0 Å². The predicted octanol–water partition coefficient (Wildman–Crippen LogP) is 3.94. The van der Waals surface area contributed by atoms with E-state index >= 15 is 0 Å². The molecule has 0 amide bonds. The van der Waals surface area contributed by atoms with E-state index in [-0.39, 0.29) is 5.43 Å². The summed E-state index contributed by atoms with van der Waals surface area (Å²) in [4.78, 5) is 15.0. The van der Waals surface area contributed by atoms with Crippen LogP contribution < -0.4 is 5.43 Å². The standard InChI is InChI=1S/C17H11NO2/c19-16-6-8-18-15-5-4-12(10-14(15)16)13-3-1-2-11-7-9-20-17(11)13/h1-10H,(H,18,19). The Labute approximate surface area is 114 Å². The quantitative estimate of drug-likeness (QED) is 0.564. The number of para-hydroxylation sites is 1. The van der Waals surface area contributed by atoms with Gasteiger partial charge in [-0.1, -0.05) is 24.3 Å². The van der Waals surface area contributed by atoms with E-state index in [0.29, 0.717) is 5.39 Å². The molecule has 0 fully saturated rings. The second-order valence-electron chi connectivity index (χ2n) is 4.75. The van der Waals surface area contributed by atoms with E-state index in [0.717, 1.165) is 27.6 Å². The van der Waals surface area contributed by atoms with Gasteiger partial charge in [-0.15, -0.1) is 0 Å². The van der Waals surface area contributed by atoms with Gasteiger partial charge in [-0.05, 0) is 23.8 Å². The van der Waals surface area contributed by atoms with Crippen molar-refractivity contribution in [3.05, 3.63) is 71.2 Å². The van der Waals surface area contributed by atoms with E-state index in [1.165, 1.54) is 0 Å². The average Bonchev–Trinajstić information content (AvgIpc) is 2.96. The molecule has 4 rings (SSSR count). The first-order chi connectivity index (χ1) is 9.83. The molecule has 96 valence electrons. The summed E-state index contributed by atoms with van der Waals surface area (Å²) in [7, 11) is 0. The molecule has 20 heavy (non-hydrogen) atoms. The van der Waals surface area contributed by atoms with Gasteiger partial charge >= 0.3 is 0 Å². The molecule has 0 atom stereocenters. The highest BCUT2D eigenvalue weighted by Crippen LogP contribution is 2.30. The minimum Gasteiger partial charge on any atom is -0.464 e. The highest BCUT2D eigenvalue weighted by atomic mass is 16.3. The van der Waals surface area contributed by atoms with E-state index in [4.69, 9.17) is 4.42 Å². The lowest BCUT2D eigenvalue weighted by molar-refractivity contribution is 0.617. The second kappa shape index (κ2) is 4.10. The summed E-state index contributed by atoms with van der Waals surface area (Å²) in [6, 6.07) is 15.3. The van der Waals surface area contributed by atoms with Gasteiger partial charge in [-0.3, -0.25) is 4.79 Å². The van der Waals surface area contributed by atoms with Crippen LogP contribution in [-0.2, 0) is 0 Å². The van der Waals surface area contributed by atoms with Crippen LogP contribution in [0.4, 0.5) is 0 Å². The van der Waals surface area contributed by atoms with Crippen molar-refractivity contribution in [2.75, 3.05) is 0 Å². The fraction of sp³-hybridized carbons (Fsp3) is 0. The highest BCUT2D eigenvalue weighted by molar-refractivity contribution is 5.95. The van der Waals surface area contributed by atoms with Crippen molar-refractivity contribution in [3.63, 3.8) is 0 Å². The highest BCUT2D eigenvalue weighted by Gasteiger charge is 2.08. The Morgan fingerprint density at radius 2 is 1.95 bits per heavy atom. The summed E-state index contributed by atoms with van der Waals surface area (Å²) in [5, 5.41) is 1.75. The number of furan rings is 1. The van der Waals surface area contributed by atoms with Gasteiger partial charge in [-0.25, -0.2) is 0 Å². The zero-order valence-electron chi connectivity index (χ0n) is 10.6. The molecule has 0 aliphatic heterocycles. The number of hydrogen-bond acceptors (Lipinski definition) is 2. The van der Waals surface area contributed by atoms with Crippen LogP contribution in [0, 0.1) is 0 Å². The van der Waals surface area contributed by atoms with Crippen LogP contribution in [0.2, 0.25) is 0 Å². The Kier molecular flexibility index (Phi) is 2.27. The second-order valence-corrected chi connectivity index (χ2v) is 4.75. The molecular weight excluding hydrogens is 250 g/mol. The van der Waals surface area contributed by atoms with Gasteiger partial charge in [0.25, 0.3) is 0 Å². The van der Waals surface area contributed by atoms with Crippen molar-refractivity contribution < 1.29 is 4.42 Å². The third-order valence-corrected chi connectivity index (χ3v) is 3.55. The zero-order valence-corrected chi connectivity index (χ0v) is 10.6. The van der Waals surface area contributed by atoms with E-state index in [9.17, 15) is 4.79 Å². The molecule has 1 N–H and O–H groups in total. The van der Waals surface area contributed by atoms with Gasteiger partial charge < -0.3 is 9.40 Å². The predicted molar refractivity (Wildman–Crippen MR) is 79.8 cm³/mol. The number of H-pyrrole nitrogens is 1. The molecule has 0 unspecified atom stereocenters. The summed E-state index contributed by atoms with van der Waals surface area (Å²) in [6.45, 7) is 0. The van der Waals surface area contributed by atoms with E-state index in [1.54, 1.807) is 18.5 Å². The maximum absolute atomic E-state index is 11.9. The number of aromatic nitrogens is 1. The summed E-state index contributed by atoms with van der Waals surface area (Å²) < 4.78 is 5.56. The average molecular weight is 261 g/mol. The third-order valence-electron chi connectivity index (χ3n) is 3.55. The van der Waals surface area contributed by atoms with E-state index < -0.39 is 0 Å². The fourth-order valence-electron chi connectivity index (χ4n) is 2.56. The maximum Gasteiger partial charge on any atom is 0.189 e. The largest absolute Gasteiger partial charge is 0.464 e. The third kappa shape index (κ3) is 1.57. The SMILES string of the molecule is O=c1cc[nH]c2ccc(-c3cccc4ccoc34)cc12. The number of hydrogen-bond donors (Lipinski definition) is 1. The number of fused-ring (bicyclic) bond motifs is 2. The molecule has 0 radical (unpaired) electrons. The van der Waals surface area contributed by atoms with Gasteiger partial charge in [-0.2, -0.15) is 0 Å². The fourth-order valence-corrected chi connectivity index (χ4v) is 2.56. The molecule has 0 aliphatic carbocycles. The minimum atomic E-state index is 0.0206. The lowest BCUT2D eigenvalue weighted by atomic mass is 10.0. The van der Waals surface area contributed by atoms with Gasteiger partial charge in [0, 0.05) is 34.1 Å². The summed E-state index contributed by atoms with van der Waals surface area (Å²) >= 11 is 0. The Balaban J connectivity index is 2.05. The number of pyridine rings is 1. The van der Waals surface area contributed by atoms with Crippen molar-refractivity contribution in [1.82, 2.24) is 4.98 Å². The molecule has 3 nitrogen and oxygen atoms in total. The zero-order chi connectivity index (χ0) is 13.5. The lowest BCUT2D eigenvalue weighted by Crippen LogP contribution is -1.99. The Morgan fingerprint density at radius 1 is 1.00 bits per heavy atom. The number of nitrogens with one attached hydrogen (secondary N) is 1. The molecule has 2 aromatic carbocycles. The van der Waals surface area contributed by atoms with Crippen LogP contribution in [0.3, 0.4) is 0 Å². The summed E-state index contributed by atoms with van der Waals surface area (Å²) in [5.74, 6) is 0. The van der Waals surface area contributed by atoms with Crippen molar-refractivity contribution in [3.8, 4) is 11.1 Å².